The molecule has 28 heavy (non-hydrogen) atoms. The highest BCUT2D eigenvalue weighted by Crippen LogP contribution is 2.42. The summed E-state index contributed by atoms with van der Waals surface area (Å²) in [4.78, 5) is 13.6. The predicted octanol–water partition coefficient (Wildman–Crippen LogP) is 5.20. The fourth-order valence-corrected chi connectivity index (χ4v) is 4.89. The van der Waals surface area contributed by atoms with Gasteiger partial charge in [-0.15, -0.1) is 11.3 Å². The Morgan fingerprint density at radius 3 is 2.86 bits per heavy atom. The van der Waals surface area contributed by atoms with Crippen LogP contribution in [0.15, 0.2) is 55.1 Å². The summed E-state index contributed by atoms with van der Waals surface area (Å²) in [6.07, 6.45) is 5.59. The first kappa shape index (κ1) is 17.6. The maximum absolute atomic E-state index is 6.51. The van der Waals surface area contributed by atoms with Crippen molar-refractivity contribution >= 4 is 43.2 Å². The van der Waals surface area contributed by atoms with Gasteiger partial charge in [0.2, 0.25) is 5.88 Å². The van der Waals surface area contributed by atoms with Crippen molar-refractivity contribution in [3.63, 3.8) is 0 Å². The van der Waals surface area contributed by atoms with Gasteiger partial charge in [0, 0.05) is 28.0 Å². The van der Waals surface area contributed by atoms with Gasteiger partial charge in [-0.1, -0.05) is 24.2 Å². The zero-order valence-electron chi connectivity index (χ0n) is 15.0. The van der Waals surface area contributed by atoms with Gasteiger partial charge in [0.15, 0.2) is 5.82 Å². The molecule has 0 spiro atoms. The fraction of sp³-hybridized carbons (Fsp3) is 0.190. The Bertz CT molecular complexity index is 1190. The number of nitrogens with one attached hydrogen (secondary N) is 1. The first-order valence-electron chi connectivity index (χ1n) is 9.10. The molecule has 0 radical (unpaired) electrons. The van der Waals surface area contributed by atoms with Gasteiger partial charge < -0.3 is 10.1 Å². The van der Waals surface area contributed by atoms with Crippen LogP contribution in [-0.4, -0.2) is 27.5 Å². The van der Waals surface area contributed by atoms with Crippen LogP contribution in [0.25, 0.3) is 31.7 Å². The Morgan fingerprint density at radius 1 is 1.21 bits per heavy atom. The molecule has 5 rings (SSSR count). The maximum atomic E-state index is 6.51. The molecule has 5 nitrogen and oxygen atoms in total. The molecular formula is C21H17ClN4OS. The molecule has 0 bridgehead atoms. The summed E-state index contributed by atoms with van der Waals surface area (Å²) in [5.41, 5.74) is 1.67. The lowest BCUT2D eigenvalue weighted by Crippen LogP contribution is -2.25. The van der Waals surface area contributed by atoms with Crippen molar-refractivity contribution in [2.75, 3.05) is 6.54 Å². The van der Waals surface area contributed by atoms with E-state index in [0.29, 0.717) is 22.5 Å². The van der Waals surface area contributed by atoms with E-state index in [4.69, 9.17) is 26.3 Å². The lowest BCUT2D eigenvalue weighted by atomic mass is 10.2. The summed E-state index contributed by atoms with van der Waals surface area (Å²) in [6.45, 7) is 5.12. The van der Waals surface area contributed by atoms with Crippen LogP contribution in [0, 0.1) is 0 Å². The molecule has 1 unspecified atom stereocenters. The third-order valence-corrected chi connectivity index (χ3v) is 6.32. The molecule has 1 aliphatic heterocycles. The number of thiophene rings is 1. The van der Waals surface area contributed by atoms with Gasteiger partial charge in [-0.25, -0.2) is 4.98 Å². The number of fused-ring (bicyclic) bond motifs is 3. The number of ether oxygens (including phenoxy) is 1. The predicted molar refractivity (Wildman–Crippen MR) is 114 cm³/mol. The van der Waals surface area contributed by atoms with Crippen LogP contribution in [0.1, 0.15) is 12.8 Å². The van der Waals surface area contributed by atoms with Crippen LogP contribution in [0.5, 0.6) is 5.88 Å². The third kappa shape index (κ3) is 3.03. The number of rotatable bonds is 4. The average Bonchev–Trinajstić information content (AvgIpc) is 3.37. The molecule has 4 heterocycles. The highest BCUT2D eigenvalue weighted by Gasteiger charge is 2.23. The Morgan fingerprint density at radius 2 is 2.07 bits per heavy atom. The minimum absolute atomic E-state index is 0.146. The number of benzene rings is 1. The lowest BCUT2D eigenvalue weighted by molar-refractivity contribution is 0.365. The quantitative estimate of drug-likeness (QED) is 0.470. The SMILES string of the molecule is C=C(Oc1nc(-c2ccncc2)nc2c1sc1cccc(Cl)c12)C1CCCN1. The minimum Gasteiger partial charge on any atom is -0.441 e. The van der Waals surface area contributed by atoms with Crippen LogP contribution >= 0.6 is 22.9 Å². The summed E-state index contributed by atoms with van der Waals surface area (Å²) in [5, 5.41) is 5.01. The third-order valence-electron chi connectivity index (χ3n) is 4.87. The standard InChI is InChI=1S/C21H17ClN4OS/c1-12(15-5-3-9-24-15)27-21-19-18(17-14(22)4-2-6-16(17)28-19)25-20(26-21)13-7-10-23-11-8-13/h2,4,6-8,10-11,15,24H,1,3,5,9H2. The maximum Gasteiger partial charge on any atom is 0.240 e. The van der Waals surface area contributed by atoms with E-state index in [-0.39, 0.29) is 6.04 Å². The van der Waals surface area contributed by atoms with E-state index < -0.39 is 0 Å². The van der Waals surface area contributed by atoms with Crippen molar-refractivity contribution in [2.24, 2.45) is 0 Å². The van der Waals surface area contributed by atoms with Crippen molar-refractivity contribution in [3.8, 4) is 17.3 Å². The largest absolute Gasteiger partial charge is 0.441 e. The lowest BCUT2D eigenvalue weighted by Gasteiger charge is -2.15. The van der Waals surface area contributed by atoms with Gasteiger partial charge in [-0.2, -0.15) is 4.98 Å². The molecule has 0 aliphatic carbocycles. The van der Waals surface area contributed by atoms with Crippen molar-refractivity contribution in [2.45, 2.75) is 18.9 Å². The van der Waals surface area contributed by atoms with Gasteiger partial charge in [-0.3, -0.25) is 4.98 Å². The molecule has 1 saturated heterocycles. The van der Waals surface area contributed by atoms with E-state index in [9.17, 15) is 0 Å². The van der Waals surface area contributed by atoms with Gasteiger partial charge in [0.25, 0.3) is 0 Å². The molecule has 0 amide bonds. The molecule has 0 saturated carbocycles. The average molecular weight is 409 g/mol. The molecule has 1 N–H and O–H groups in total. The van der Waals surface area contributed by atoms with E-state index >= 15 is 0 Å². The summed E-state index contributed by atoms with van der Waals surface area (Å²) in [6, 6.07) is 9.78. The Hall–Kier alpha value is -2.54. The highest BCUT2D eigenvalue weighted by atomic mass is 35.5. The van der Waals surface area contributed by atoms with E-state index in [0.717, 1.165) is 45.3 Å². The summed E-state index contributed by atoms with van der Waals surface area (Å²) >= 11 is 8.09. The fourth-order valence-electron chi connectivity index (χ4n) is 3.47. The smallest absolute Gasteiger partial charge is 0.240 e. The summed E-state index contributed by atoms with van der Waals surface area (Å²) in [5.74, 6) is 1.78. The molecule has 3 aromatic heterocycles. The molecule has 1 fully saturated rings. The number of nitrogens with zero attached hydrogens (tertiary/aromatic N) is 3. The molecule has 1 atom stereocenters. The molecular weight excluding hydrogens is 392 g/mol. The minimum atomic E-state index is 0.146. The topological polar surface area (TPSA) is 59.9 Å². The van der Waals surface area contributed by atoms with E-state index in [2.05, 4.69) is 16.9 Å². The first-order valence-corrected chi connectivity index (χ1v) is 10.3. The molecule has 1 aliphatic rings. The second kappa shape index (κ2) is 7.13. The Balaban J connectivity index is 1.71. The monoisotopic (exact) mass is 408 g/mol. The Labute approximate surface area is 171 Å². The number of halogens is 1. The Kier molecular flexibility index (Phi) is 4.47. The molecule has 140 valence electrons. The van der Waals surface area contributed by atoms with Crippen molar-refractivity contribution in [1.82, 2.24) is 20.3 Å². The van der Waals surface area contributed by atoms with Gasteiger partial charge >= 0.3 is 0 Å². The number of hydrogen-bond donors (Lipinski definition) is 1. The van der Waals surface area contributed by atoms with Gasteiger partial charge in [-0.05, 0) is 43.7 Å². The van der Waals surface area contributed by atoms with E-state index in [1.165, 1.54) is 0 Å². The number of pyridine rings is 1. The molecule has 1 aromatic carbocycles. The van der Waals surface area contributed by atoms with E-state index in [1.54, 1.807) is 23.7 Å². The molecule has 7 heteroatoms. The van der Waals surface area contributed by atoms with Crippen molar-refractivity contribution in [3.05, 3.63) is 60.1 Å². The van der Waals surface area contributed by atoms with Gasteiger partial charge in [0.05, 0.1) is 16.6 Å². The van der Waals surface area contributed by atoms with Crippen molar-refractivity contribution in [1.29, 1.82) is 0 Å². The number of aromatic nitrogens is 3. The number of hydrogen-bond acceptors (Lipinski definition) is 6. The molecule has 4 aromatic rings. The van der Waals surface area contributed by atoms with Crippen LogP contribution in [0.4, 0.5) is 0 Å². The second-order valence-corrected chi connectivity index (χ2v) is 8.16. The highest BCUT2D eigenvalue weighted by molar-refractivity contribution is 7.26. The summed E-state index contributed by atoms with van der Waals surface area (Å²) < 4.78 is 8.12. The first-order chi connectivity index (χ1) is 13.7. The van der Waals surface area contributed by atoms with Gasteiger partial charge in [0.1, 0.15) is 10.5 Å². The van der Waals surface area contributed by atoms with E-state index in [1.807, 2.05) is 30.3 Å². The second-order valence-electron chi connectivity index (χ2n) is 6.70. The zero-order valence-corrected chi connectivity index (χ0v) is 16.6. The van der Waals surface area contributed by atoms with Crippen LogP contribution in [-0.2, 0) is 0 Å². The van der Waals surface area contributed by atoms with Crippen LogP contribution < -0.4 is 10.1 Å². The zero-order chi connectivity index (χ0) is 19.1. The normalized spacial score (nSPS) is 16.7. The van der Waals surface area contributed by atoms with Crippen molar-refractivity contribution < 1.29 is 4.74 Å². The van der Waals surface area contributed by atoms with Crippen LogP contribution in [0.2, 0.25) is 5.02 Å². The van der Waals surface area contributed by atoms with Crippen LogP contribution in [0.3, 0.4) is 0 Å². The summed E-state index contributed by atoms with van der Waals surface area (Å²) in [7, 11) is 0.